The van der Waals surface area contributed by atoms with Crippen LogP contribution in [0.5, 0.6) is 11.6 Å². The van der Waals surface area contributed by atoms with E-state index in [1.807, 2.05) is 0 Å². The molecule has 0 spiro atoms. The molecule has 2 rings (SSSR count). The zero-order valence-corrected chi connectivity index (χ0v) is 10.5. The molecule has 2 N–H and O–H groups in total. The van der Waals surface area contributed by atoms with Crippen LogP contribution in [0.3, 0.4) is 0 Å². The lowest BCUT2D eigenvalue weighted by Gasteiger charge is -2.06. The molecule has 96 valence electrons. The molecule has 0 fully saturated rings. The summed E-state index contributed by atoms with van der Waals surface area (Å²) < 4.78 is 20.2. The molecule has 0 aliphatic rings. The Hall–Kier alpha value is -2.04. The summed E-state index contributed by atoms with van der Waals surface area (Å²) in [7, 11) is 1.75. The minimum atomic E-state index is -0.345. The Morgan fingerprint density at radius 2 is 2.22 bits per heavy atom. The van der Waals surface area contributed by atoms with Gasteiger partial charge in [0.1, 0.15) is 17.3 Å². The first-order valence-electron chi connectivity index (χ1n) is 5.86. The largest absolute Gasteiger partial charge is 0.437 e. The van der Waals surface area contributed by atoms with Gasteiger partial charge in [-0.1, -0.05) is 19.4 Å². The number of nitrogen functional groups attached to an aromatic ring is 1. The van der Waals surface area contributed by atoms with Gasteiger partial charge in [0, 0.05) is 13.1 Å². The number of aromatic nitrogens is 2. The summed E-state index contributed by atoms with van der Waals surface area (Å²) in [6.45, 7) is 2.06. The third-order valence-electron chi connectivity index (χ3n) is 2.60. The lowest BCUT2D eigenvalue weighted by Crippen LogP contribution is -1.97. The quantitative estimate of drug-likeness (QED) is 0.906. The molecular formula is C13H16FN3O. The van der Waals surface area contributed by atoms with Crippen molar-refractivity contribution in [1.29, 1.82) is 0 Å². The van der Waals surface area contributed by atoms with Crippen LogP contribution in [-0.4, -0.2) is 9.78 Å². The van der Waals surface area contributed by atoms with Crippen LogP contribution in [0.2, 0.25) is 0 Å². The highest BCUT2D eigenvalue weighted by molar-refractivity contribution is 5.54. The normalized spacial score (nSPS) is 10.6. The predicted molar refractivity (Wildman–Crippen MR) is 68.1 cm³/mol. The van der Waals surface area contributed by atoms with E-state index in [4.69, 9.17) is 10.5 Å². The number of halogens is 1. The number of benzene rings is 1. The highest BCUT2D eigenvalue weighted by Crippen LogP contribution is 2.30. The first-order chi connectivity index (χ1) is 8.61. The van der Waals surface area contributed by atoms with E-state index in [1.54, 1.807) is 23.9 Å². The Labute approximate surface area is 105 Å². The van der Waals surface area contributed by atoms with Crippen LogP contribution >= 0.6 is 0 Å². The third-order valence-corrected chi connectivity index (χ3v) is 2.60. The molecule has 2 aromatic rings. The molecule has 0 aliphatic carbocycles. The maximum atomic E-state index is 13.1. The maximum absolute atomic E-state index is 13.1. The highest BCUT2D eigenvalue weighted by atomic mass is 19.1. The monoisotopic (exact) mass is 249 g/mol. The number of hydrogen-bond donors (Lipinski definition) is 1. The van der Waals surface area contributed by atoms with Crippen molar-refractivity contribution in [2.24, 2.45) is 7.05 Å². The zero-order valence-electron chi connectivity index (χ0n) is 10.5. The minimum Gasteiger partial charge on any atom is -0.437 e. The molecule has 1 heterocycles. The number of hydrogen-bond acceptors (Lipinski definition) is 3. The highest BCUT2D eigenvalue weighted by Gasteiger charge is 2.14. The topological polar surface area (TPSA) is 53.1 Å². The summed E-state index contributed by atoms with van der Waals surface area (Å²) in [4.78, 5) is 0. The Morgan fingerprint density at radius 3 is 2.89 bits per heavy atom. The third kappa shape index (κ3) is 2.45. The van der Waals surface area contributed by atoms with Crippen LogP contribution in [0.1, 0.15) is 19.0 Å². The summed E-state index contributed by atoms with van der Waals surface area (Å²) in [5.41, 5.74) is 7.30. The molecule has 0 saturated heterocycles. The molecule has 0 aliphatic heterocycles. The number of aryl methyl sites for hydroxylation is 2. The molecule has 0 unspecified atom stereocenters. The number of rotatable bonds is 4. The molecule has 0 bridgehead atoms. The predicted octanol–water partition coefficient (Wildman–Crippen LogP) is 2.89. The fraction of sp³-hybridized carbons (Fsp3) is 0.308. The summed E-state index contributed by atoms with van der Waals surface area (Å²) in [5, 5.41) is 4.29. The van der Waals surface area contributed by atoms with E-state index in [-0.39, 0.29) is 5.82 Å². The van der Waals surface area contributed by atoms with Crippen LogP contribution in [-0.2, 0) is 13.5 Å². The second-order valence-corrected chi connectivity index (χ2v) is 4.10. The van der Waals surface area contributed by atoms with Gasteiger partial charge < -0.3 is 10.5 Å². The van der Waals surface area contributed by atoms with Gasteiger partial charge in [0.2, 0.25) is 5.88 Å². The fourth-order valence-electron chi connectivity index (χ4n) is 1.76. The summed E-state index contributed by atoms with van der Waals surface area (Å²) in [6, 6.07) is 5.94. The van der Waals surface area contributed by atoms with E-state index in [2.05, 4.69) is 12.0 Å². The Kier molecular flexibility index (Phi) is 3.50. The lowest BCUT2D eigenvalue weighted by molar-refractivity contribution is 0.429. The zero-order chi connectivity index (χ0) is 13.1. The molecule has 1 aromatic carbocycles. The summed E-state index contributed by atoms with van der Waals surface area (Å²) in [6.07, 6.45) is 1.76. The molecule has 0 amide bonds. The average molecular weight is 249 g/mol. The van der Waals surface area contributed by atoms with E-state index in [1.165, 1.54) is 12.1 Å². The second kappa shape index (κ2) is 5.08. The van der Waals surface area contributed by atoms with Crippen molar-refractivity contribution >= 4 is 5.69 Å². The van der Waals surface area contributed by atoms with Gasteiger partial charge in [-0.3, -0.25) is 0 Å². The lowest BCUT2D eigenvalue weighted by atomic mass is 10.2. The van der Waals surface area contributed by atoms with Crippen molar-refractivity contribution in [3.63, 3.8) is 0 Å². The van der Waals surface area contributed by atoms with Gasteiger partial charge in [0.15, 0.2) is 0 Å². The van der Waals surface area contributed by atoms with E-state index in [9.17, 15) is 4.39 Å². The number of ether oxygens (including phenoxy) is 1. The molecule has 5 heteroatoms. The van der Waals surface area contributed by atoms with Crippen molar-refractivity contribution in [2.75, 3.05) is 5.73 Å². The van der Waals surface area contributed by atoms with E-state index in [0.29, 0.717) is 17.3 Å². The average Bonchev–Trinajstić information content (AvgIpc) is 2.58. The molecule has 4 nitrogen and oxygen atoms in total. The van der Waals surface area contributed by atoms with Crippen molar-refractivity contribution in [3.8, 4) is 11.6 Å². The maximum Gasteiger partial charge on any atom is 0.241 e. The first-order valence-corrected chi connectivity index (χ1v) is 5.86. The van der Waals surface area contributed by atoms with Gasteiger partial charge >= 0.3 is 0 Å². The van der Waals surface area contributed by atoms with Gasteiger partial charge in [0.25, 0.3) is 0 Å². The SMILES string of the molecule is CCCc1nn(C)c(Oc2cccc(F)c2)c1N. The van der Waals surface area contributed by atoms with Gasteiger partial charge in [-0.15, -0.1) is 0 Å². The Bertz CT molecular complexity index is 551. The molecule has 0 atom stereocenters. The van der Waals surface area contributed by atoms with Crippen molar-refractivity contribution in [3.05, 3.63) is 35.8 Å². The Morgan fingerprint density at radius 1 is 1.44 bits per heavy atom. The van der Waals surface area contributed by atoms with E-state index < -0.39 is 0 Å². The van der Waals surface area contributed by atoms with Crippen LogP contribution < -0.4 is 10.5 Å². The smallest absolute Gasteiger partial charge is 0.241 e. The molecule has 1 aromatic heterocycles. The van der Waals surface area contributed by atoms with Crippen LogP contribution in [0.4, 0.5) is 10.1 Å². The number of nitrogens with zero attached hydrogens (tertiary/aromatic N) is 2. The minimum absolute atomic E-state index is 0.345. The van der Waals surface area contributed by atoms with Crippen LogP contribution in [0, 0.1) is 5.82 Å². The van der Waals surface area contributed by atoms with Gasteiger partial charge in [-0.05, 0) is 18.6 Å². The summed E-state index contributed by atoms with van der Waals surface area (Å²) in [5.74, 6) is 0.513. The molecule has 18 heavy (non-hydrogen) atoms. The molecule has 0 saturated carbocycles. The van der Waals surface area contributed by atoms with E-state index in [0.717, 1.165) is 18.5 Å². The van der Waals surface area contributed by atoms with Crippen LogP contribution in [0.15, 0.2) is 24.3 Å². The Balaban J connectivity index is 2.29. The van der Waals surface area contributed by atoms with Gasteiger partial charge in [0.05, 0.1) is 5.69 Å². The van der Waals surface area contributed by atoms with E-state index >= 15 is 0 Å². The standard InChI is InChI=1S/C13H16FN3O/c1-3-5-11-12(15)13(17(2)16-11)18-10-7-4-6-9(14)8-10/h4,6-8H,3,5,15H2,1-2H3. The molecular weight excluding hydrogens is 233 g/mol. The van der Waals surface area contributed by atoms with Gasteiger partial charge in [-0.25, -0.2) is 9.07 Å². The van der Waals surface area contributed by atoms with Crippen molar-refractivity contribution in [1.82, 2.24) is 9.78 Å². The first kappa shape index (κ1) is 12.4. The van der Waals surface area contributed by atoms with Crippen molar-refractivity contribution < 1.29 is 9.13 Å². The summed E-state index contributed by atoms with van der Waals surface area (Å²) >= 11 is 0. The van der Waals surface area contributed by atoms with Crippen molar-refractivity contribution in [2.45, 2.75) is 19.8 Å². The number of nitrogens with two attached hydrogens (primary N) is 1. The molecule has 0 radical (unpaired) electrons. The van der Waals surface area contributed by atoms with Crippen LogP contribution in [0.25, 0.3) is 0 Å². The van der Waals surface area contributed by atoms with Gasteiger partial charge in [-0.2, -0.15) is 5.10 Å². The fourth-order valence-corrected chi connectivity index (χ4v) is 1.76. The number of anilines is 1. The second-order valence-electron chi connectivity index (χ2n) is 4.10.